The maximum atomic E-state index is 12.7. The van der Waals surface area contributed by atoms with Crippen LogP contribution in [0.3, 0.4) is 0 Å². The van der Waals surface area contributed by atoms with Crippen molar-refractivity contribution >= 4 is 11.8 Å². The lowest BCUT2D eigenvalue weighted by molar-refractivity contribution is -0.123. The van der Waals surface area contributed by atoms with E-state index in [-0.39, 0.29) is 35.9 Å². The highest BCUT2D eigenvalue weighted by Gasteiger charge is 2.55. The van der Waals surface area contributed by atoms with Gasteiger partial charge in [-0.25, -0.2) is 0 Å². The molecule has 0 bridgehead atoms. The third kappa shape index (κ3) is 2.49. The minimum atomic E-state index is -0.219. The Kier molecular flexibility index (Phi) is 3.80. The van der Waals surface area contributed by atoms with Crippen molar-refractivity contribution in [1.82, 2.24) is 10.6 Å². The van der Waals surface area contributed by atoms with Gasteiger partial charge in [0.1, 0.15) is 13.2 Å². The monoisotopic (exact) mass is 332 g/mol. The minimum Gasteiger partial charge on any atom is -0.486 e. The molecule has 2 amide bonds. The molecule has 1 saturated carbocycles. The zero-order valence-corrected chi connectivity index (χ0v) is 13.4. The van der Waals surface area contributed by atoms with Crippen LogP contribution < -0.4 is 20.1 Å². The first kappa shape index (κ1) is 15.3. The molecule has 4 atom stereocenters. The van der Waals surface area contributed by atoms with E-state index in [1.165, 1.54) is 6.92 Å². The zero-order valence-electron chi connectivity index (χ0n) is 13.4. The van der Waals surface area contributed by atoms with Crippen LogP contribution in [0.15, 0.2) is 18.2 Å². The number of ether oxygens (including phenoxy) is 3. The fourth-order valence-corrected chi connectivity index (χ4v) is 3.79. The summed E-state index contributed by atoms with van der Waals surface area (Å²) in [6.45, 7) is 3.04. The number of rotatable bonds is 3. The highest BCUT2D eigenvalue weighted by atomic mass is 16.6. The van der Waals surface area contributed by atoms with Crippen molar-refractivity contribution in [2.75, 3.05) is 19.8 Å². The molecule has 128 valence electrons. The standard InChI is InChI=1S/C17H20N2O5/c1-9(20)18-14-13(10-5-6-23-16(10)14)19-17(21)11-3-2-4-12-15(11)24-8-7-22-12/h2-4,10,13-14,16H,5-8H2,1H3,(H,18,20)(H,19,21)/t10-,13+,14-,16-/m1/s1. The number of hydrogen-bond donors (Lipinski definition) is 2. The Morgan fingerprint density at radius 3 is 2.75 bits per heavy atom. The second kappa shape index (κ2) is 5.98. The van der Waals surface area contributed by atoms with Gasteiger partial charge >= 0.3 is 0 Å². The van der Waals surface area contributed by atoms with E-state index in [9.17, 15) is 9.59 Å². The van der Waals surface area contributed by atoms with Crippen LogP contribution in [0.5, 0.6) is 11.5 Å². The number of benzene rings is 1. The summed E-state index contributed by atoms with van der Waals surface area (Å²) in [7, 11) is 0. The number of nitrogens with one attached hydrogen (secondary N) is 2. The molecule has 1 aromatic rings. The van der Waals surface area contributed by atoms with E-state index in [0.29, 0.717) is 36.9 Å². The Hall–Kier alpha value is -2.28. The quantitative estimate of drug-likeness (QED) is 0.841. The first-order valence-corrected chi connectivity index (χ1v) is 8.23. The van der Waals surface area contributed by atoms with Gasteiger partial charge in [0.15, 0.2) is 11.5 Å². The fraction of sp³-hybridized carbons (Fsp3) is 0.529. The van der Waals surface area contributed by atoms with E-state index < -0.39 is 0 Å². The lowest BCUT2D eigenvalue weighted by atomic mass is 9.71. The molecule has 2 fully saturated rings. The SMILES string of the molecule is CC(=O)N[C@@H]1[C@@H](NC(=O)c2cccc3c2OCCO3)[C@H]2CCO[C@H]21. The molecule has 1 aromatic carbocycles. The molecule has 2 N–H and O–H groups in total. The van der Waals surface area contributed by atoms with Gasteiger partial charge in [-0.3, -0.25) is 9.59 Å². The number of para-hydroxylation sites is 1. The Morgan fingerprint density at radius 2 is 1.92 bits per heavy atom. The van der Waals surface area contributed by atoms with Crippen LogP contribution >= 0.6 is 0 Å². The van der Waals surface area contributed by atoms with Crippen molar-refractivity contribution in [2.45, 2.75) is 31.5 Å². The number of carbonyl (C=O) groups is 2. The summed E-state index contributed by atoms with van der Waals surface area (Å²) in [4.78, 5) is 24.2. The van der Waals surface area contributed by atoms with Crippen LogP contribution in [-0.4, -0.2) is 49.8 Å². The van der Waals surface area contributed by atoms with Crippen molar-refractivity contribution in [1.29, 1.82) is 0 Å². The molecule has 2 heterocycles. The van der Waals surface area contributed by atoms with Crippen LogP contribution in [0.25, 0.3) is 0 Å². The third-order valence-corrected chi connectivity index (χ3v) is 4.86. The molecule has 3 aliphatic rings. The summed E-state index contributed by atoms with van der Waals surface area (Å²) in [6.07, 6.45) is 0.876. The molecule has 0 unspecified atom stereocenters. The van der Waals surface area contributed by atoms with Crippen molar-refractivity contribution in [3.63, 3.8) is 0 Å². The van der Waals surface area contributed by atoms with Crippen LogP contribution in [-0.2, 0) is 9.53 Å². The van der Waals surface area contributed by atoms with Gasteiger partial charge in [-0.05, 0) is 18.6 Å². The number of amides is 2. The van der Waals surface area contributed by atoms with Gasteiger partial charge < -0.3 is 24.8 Å². The molecule has 0 spiro atoms. The van der Waals surface area contributed by atoms with Gasteiger partial charge in [0.2, 0.25) is 5.91 Å². The molecule has 0 radical (unpaired) electrons. The van der Waals surface area contributed by atoms with Gasteiger partial charge in [-0.2, -0.15) is 0 Å². The molecular weight excluding hydrogens is 312 g/mol. The third-order valence-electron chi connectivity index (χ3n) is 4.86. The summed E-state index contributed by atoms with van der Waals surface area (Å²) in [5.74, 6) is 0.964. The molecule has 2 aliphatic heterocycles. The number of hydrogen-bond acceptors (Lipinski definition) is 5. The Balaban J connectivity index is 1.52. The van der Waals surface area contributed by atoms with Gasteiger partial charge in [0, 0.05) is 19.4 Å². The van der Waals surface area contributed by atoms with E-state index >= 15 is 0 Å². The van der Waals surface area contributed by atoms with Crippen molar-refractivity contribution in [3.05, 3.63) is 23.8 Å². The maximum absolute atomic E-state index is 12.7. The highest BCUT2D eigenvalue weighted by molar-refractivity contribution is 5.98. The van der Waals surface area contributed by atoms with Crippen LogP contribution in [0.2, 0.25) is 0 Å². The summed E-state index contributed by atoms with van der Waals surface area (Å²) in [5, 5.41) is 5.93. The number of fused-ring (bicyclic) bond motifs is 2. The first-order valence-electron chi connectivity index (χ1n) is 8.23. The molecule has 24 heavy (non-hydrogen) atoms. The predicted molar refractivity (Wildman–Crippen MR) is 84.1 cm³/mol. The highest BCUT2D eigenvalue weighted by Crippen LogP contribution is 2.40. The normalized spacial score (nSPS) is 30.0. The van der Waals surface area contributed by atoms with Gasteiger partial charge in [-0.1, -0.05) is 6.07 Å². The Labute approximate surface area is 139 Å². The van der Waals surface area contributed by atoms with Crippen molar-refractivity contribution in [3.8, 4) is 11.5 Å². The minimum absolute atomic E-state index is 0.0107. The van der Waals surface area contributed by atoms with Gasteiger partial charge in [-0.15, -0.1) is 0 Å². The largest absolute Gasteiger partial charge is 0.486 e. The van der Waals surface area contributed by atoms with E-state index in [4.69, 9.17) is 14.2 Å². The summed E-state index contributed by atoms with van der Waals surface area (Å²) < 4.78 is 16.8. The zero-order chi connectivity index (χ0) is 16.7. The molecule has 4 rings (SSSR count). The summed E-state index contributed by atoms with van der Waals surface area (Å²) in [5.41, 5.74) is 0.455. The lowest BCUT2D eigenvalue weighted by Gasteiger charge is -2.47. The van der Waals surface area contributed by atoms with Gasteiger partial charge in [0.05, 0.1) is 23.8 Å². The van der Waals surface area contributed by atoms with E-state index in [1.54, 1.807) is 18.2 Å². The van der Waals surface area contributed by atoms with Crippen molar-refractivity contribution in [2.24, 2.45) is 5.92 Å². The fourth-order valence-electron chi connectivity index (χ4n) is 3.79. The summed E-state index contributed by atoms with van der Waals surface area (Å²) in [6, 6.07) is 4.97. The van der Waals surface area contributed by atoms with Crippen LogP contribution in [0.1, 0.15) is 23.7 Å². The van der Waals surface area contributed by atoms with E-state index in [1.807, 2.05) is 0 Å². The molecule has 1 saturated heterocycles. The lowest BCUT2D eigenvalue weighted by Crippen LogP contribution is -2.70. The second-order valence-corrected chi connectivity index (χ2v) is 6.34. The summed E-state index contributed by atoms with van der Waals surface area (Å²) >= 11 is 0. The molecule has 7 heteroatoms. The van der Waals surface area contributed by atoms with Crippen LogP contribution in [0, 0.1) is 5.92 Å². The second-order valence-electron chi connectivity index (χ2n) is 6.34. The average Bonchev–Trinajstić information content (AvgIpc) is 3.01. The van der Waals surface area contributed by atoms with E-state index in [2.05, 4.69) is 10.6 Å². The number of carbonyl (C=O) groups excluding carboxylic acids is 2. The topological polar surface area (TPSA) is 85.9 Å². The van der Waals surface area contributed by atoms with Crippen molar-refractivity contribution < 1.29 is 23.8 Å². The van der Waals surface area contributed by atoms with Gasteiger partial charge in [0.25, 0.3) is 5.91 Å². The predicted octanol–water partition coefficient (Wildman–Crippen LogP) is 0.480. The average molecular weight is 332 g/mol. The molecule has 7 nitrogen and oxygen atoms in total. The Bertz CT molecular complexity index is 677. The van der Waals surface area contributed by atoms with Crippen LogP contribution in [0.4, 0.5) is 0 Å². The first-order chi connectivity index (χ1) is 11.6. The Morgan fingerprint density at radius 1 is 1.08 bits per heavy atom. The maximum Gasteiger partial charge on any atom is 0.255 e. The molecular formula is C17H20N2O5. The molecule has 0 aromatic heterocycles. The smallest absolute Gasteiger partial charge is 0.255 e. The molecule has 1 aliphatic carbocycles. The van der Waals surface area contributed by atoms with E-state index in [0.717, 1.165) is 6.42 Å².